The molecule has 0 amide bonds. The van der Waals surface area contributed by atoms with Gasteiger partial charge in [-0.15, -0.1) is 0 Å². The lowest BCUT2D eigenvalue weighted by molar-refractivity contribution is 0.0690. The van der Waals surface area contributed by atoms with Gasteiger partial charge >= 0.3 is 5.97 Å². The molecule has 0 unspecified atom stereocenters. The molecule has 118 valence electrons. The van der Waals surface area contributed by atoms with Crippen molar-refractivity contribution in [2.45, 2.75) is 6.54 Å². The summed E-state index contributed by atoms with van der Waals surface area (Å²) in [5.41, 5.74) is 2.13. The molecule has 0 bridgehead atoms. The molecule has 2 N–H and O–H groups in total. The van der Waals surface area contributed by atoms with Crippen LogP contribution in [0.15, 0.2) is 41.6 Å². The minimum Gasteiger partial charge on any atom is -0.477 e. The largest absolute Gasteiger partial charge is 0.477 e. The number of carbonyl (C=O) groups is 1. The number of nitrogens with one attached hydrogen (secondary N) is 1. The lowest BCUT2D eigenvalue weighted by atomic mass is 10.2. The SMILES string of the molecule is O=C(O)c1cc2c(=O)n(Cc3ccc4n[nH]nc4c3)cnc2cn1. The zero-order valence-corrected chi connectivity index (χ0v) is 12.2. The number of pyridine rings is 1. The first-order chi connectivity index (χ1) is 11.6. The van der Waals surface area contributed by atoms with E-state index in [1.54, 1.807) is 6.07 Å². The number of hydrogen-bond acceptors (Lipinski definition) is 6. The quantitative estimate of drug-likeness (QED) is 0.571. The minimum absolute atomic E-state index is 0.192. The first-order valence-electron chi connectivity index (χ1n) is 7.00. The second kappa shape index (κ2) is 5.23. The second-order valence-electron chi connectivity index (χ2n) is 5.22. The van der Waals surface area contributed by atoms with E-state index < -0.39 is 5.97 Å². The molecule has 0 atom stereocenters. The van der Waals surface area contributed by atoms with Gasteiger partial charge in [-0.1, -0.05) is 6.07 Å². The van der Waals surface area contributed by atoms with Crippen LogP contribution in [0.4, 0.5) is 0 Å². The third kappa shape index (κ3) is 2.28. The molecule has 1 aromatic carbocycles. The Morgan fingerprint density at radius 3 is 2.79 bits per heavy atom. The van der Waals surface area contributed by atoms with Gasteiger partial charge in [0.25, 0.3) is 5.56 Å². The van der Waals surface area contributed by atoms with Crippen molar-refractivity contribution in [1.82, 2.24) is 29.9 Å². The Balaban J connectivity index is 1.79. The molecule has 9 heteroatoms. The topological polar surface area (TPSA) is 127 Å². The molecule has 0 aliphatic carbocycles. The number of benzene rings is 1. The van der Waals surface area contributed by atoms with Gasteiger partial charge in [-0.2, -0.15) is 15.4 Å². The maximum atomic E-state index is 12.6. The van der Waals surface area contributed by atoms with Crippen molar-refractivity contribution in [1.29, 1.82) is 0 Å². The molecule has 3 aromatic heterocycles. The molecule has 0 radical (unpaired) electrons. The molecule has 4 aromatic rings. The van der Waals surface area contributed by atoms with Gasteiger partial charge in [-0.25, -0.2) is 14.8 Å². The molecule has 0 aliphatic heterocycles. The molecule has 3 heterocycles. The lowest BCUT2D eigenvalue weighted by Gasteiger charge is -2.07. The fourth-order valence-corrected chi connectivity index (χ4v) is 2.47. The van der Waals surface area contributed by atoms with Crippen LogP contribution >= 0.6 is 0 Å². The molecule has 0 fully saturated rings. The van der Waals surface area contributed by atoms with Gasteiger partial charge in [-0.3, -0.25) is 9.36 Å². The van der Waals surface area contributed by atoms with Crippen LogP contribution in [-0.4, -0.2) is 41.0 Å². The summed E-state index contributed by atoms with van der Waals surface area (Å²) in [5, 5.41) is 19.7. The van der Waals surface area contributed by atoms with Crippen LogP contribution in [0, 0.1) is 0 Å². The molecule has 9 nitrogen and oxygen atoms in total. The van der Waals surface area contributed by atoms with E-state index in [0.29, 0.717) is 11.0 Å². The van der Waals surface area contributed by atoms with Crippen LogP contribution in [0.3, 0.4) is 0 Å². The van der Waals surface area contributed by atoms with Crippen LogP contribution in [-0.2, 0) is 6.54 Å². The van der Waals surface area contributed by atoms with Crippen molar-refractivity contribution in [3.63, 3.8) is 0 Å². The second-order valence-corrected chi connectivity index (χ2v) is 5.22. The fraction of sp³-hybridized carbons (Fsp3) is 0.0667. The molecular formula is C15H10N6O3. The summed E-state index contributed by atoms with van der Waals surface area (Å²) in [6, 6.07) is 6.71. The van der Waals surface area contributed by atoms with Gasteiger partial charge in [-0.05, 0) is 23.8 Å². The molecule has 24 heavy (non-hydrogen) atoms. The third-order valence-electron chi connectivity index (χ3n) is 3.66. The summed E-state index contributed by atoms with van der Waals surface area (Å²) >= 11 is 0. The number of carboxylic acids is 1. The average molecular weight is 322 g/mol. The van der Waals surface area contributed by atoms with Crippen molar-refractivity contribution >= 4 is 27.9 Å². The highest BCUT2D eigenvalue weighted by molar-refractivity contribution is 5.90. The molecule has 0 saturated carbocycles. The number of nitrogens with zero attached hydrogens (tertiary/aromatic N) is 5. The smallest absolute Gasteiger partial charge is 0.354 e. The summed E-state index contributed by atoms with van der Waals surface area (Å²) in [4.78, 5) is 31.5. The van der Waals surface area contributed by atoms with E-state index in [0.717, 1.165) is 11.1 Å². The summed E-state index contributed by atoms with van der Waals surface area (Å²) in [6.45, 7) is 0.287. The van der Waals surface area contributed by atoms with Crippen LogP contribution < -0.4 is 5.56 Å². The minimum atomic E-state index is -1.19. The standard InChI is InChI=1S/C15H10N6O3/c22-14-9-4-12(15(23)24)16-5-13(9)17-7-21(14)6-8-1-2-10-11(3-8)19-20-18-10/h1-5,7H,6H2,(H,23,24)(H,18,19,20). The first-order valence-corrected chi connectivity index (χ1v) is 7.00. The molecule has 0 spiro atoms. The lowest BCUT2D eigenvalue weighted by Crippen LogP contribution is -2.21. The number of aromatic nitrogens is 6. The number of hydrogen-bond donors (Lipinski definition) is 2. The van der Waals surface area contributed by atoms with E-state index in [1.807, 2.05) is 12.1 Å². The highest BCUT2D eigenvalue weighted by Gasteiger charge is 2.11. The zero-order chi connectivity index (χ0) is 16.7. The predicted octanol–water partition coefficient (Wildman–Crippen LogP) is 0.809. The zero-order valence-electron chi connectivity index (χ0n) is 12.2. The number of rotatable bonds is 3. The van der Waals surface area contributed by atoms with Crippen molar-refractivity contribution in [2.75, 3.05) is 0 Å². The molecule has 0 aliphatic rings. The van der Waals surface area contributed by atoms with Crippen molar-refractivity contribution < 1.29 is 9.90 Å². The van der Waals surface area contributed by atoms with Crippen molar-refractivity contribution in [2.24, 2.45) is 0 Å². The van der Waals surface area contributed by atoms with Gasteiger partial charge in [0, 0.05) is 0 Å². The third-order valence-corrected chi connectivity index (χ3v) is 3.66. The Hall–Kier alpha value is -3.62. The Labute approximate surface area is 133 Å². The number of aromatic carboxylic acids is 1. The highest BCUT2D eigenvalue weighted by atomic mass is 16.4. The van der Waals surface area contributed by atoms with Crippen molar-refractivity contribution in [3.05, 3.63) is 58.4 Å². The number of aromatic amines is 1. The van der Waals surface area contributed by atoms with E-state index in [4.69, 9.17) is 5.11 Å². The number of fused-ring (bicyclic) bond motifs is 2. The monoisotopic (exact) mass is 322 g/mol. The average Bonchev–Trinajstić information content (AvgIpc) is 3.05. The molecule has 0 saturated heterocycles. The van der Waals surface area contributed by atoms with Gasteiger partial charge < -0.3 is 5.11 Å². The van der Waals surface area contributed by atoms with E-state index >= 15 is 0 Å². The number of H-pyrrole nitrogens is 1. The Morgan fingerprint density at radius 2 is 1.96 bits per heavy atom. The highest BCUT2D eigenvalue weighted by Crippen LogP contribution is 2.12. The van der Waals surface area contributed by atoms with Gasteiger partial charge in [0.1, 0.15) is 16.7 Å². The Morgan fingerprint density at radius 1 is 1.12 bits per heavy atom. The normalized spacial score (nSPS) is 11.2. The van der Waals surface area contributed by atoms with Crippen LogP contribution in [0.25, 0.3) is 21.9 Å². The van der Waals surface area contributed by atoms with Crippen LogP contribution in [0.5, 0.6) is 0 Å². The summed E-state index contributed by atoms with van der Waals surface area (Å²) in [6.07, 6.45) is 2.70. The fourth-order valence-electron chi connectivity index (χ4n) is 2.47. The first kappa shape index (κ1) is 14.0. The summed E-state index contributed by atoms with van der Waals surface area (Å²) < 4.78 is 1.41. The van der Waals surface area contributed by atoms with Crippen LogP contribution in [0.1, 0.15) is 16.1 Å². The molecule has 4 rings (SSSR count). The van der Waals surface area contributed by atoms with Gasteiger partial charge in [0.15, 0.2) is 0 Å². The van der Waals surface area contributed by atoms with Gasteiger partial charge in [0.05, 0.1) is 30.0 Å². The Kier molecular flexibility index (Phi) is 3.05. The van der Waals surface area contributed by atoms with E-state index in [1.165, 1.54) is 23.2 Å². The maximum absolute atomic E-state index is 12.6. The Bertz CT molecular complexity index is 1150. The summed E-state index contributed by atoms with van der Waals surface area (Å²) in [7, 11) is 0. The summed E-state index contributed by atoms with van der Waals surface area (Å²) in [5.74, 6) is -1.19. The van der Waals surface area contributed by atoms with E-state index in [2.05, 4.69) is 25.4 Å². The van der Waals surface area contributed by atoms with Crippen LogP contribution in [0.2, 0.25) is 0 Å². The predicted molar refractivity (Wildman–Crippen MR) is 83.7 cm³/mol. The number of carboxylic acid groups (broad SMARTS) is 1. The van der Waals surface area contributed by atoms with Crippen molar-refractivity contribution in [3.8, 4) is 0 Å². The van der Waals surface area contributed by atoms with E-state index in [-0.39, 0.29) is 23.2 Å². The maximum Gasteiger partial charge on any atom is 0.354 e. The molecular weight excluding hydrogens is 312 g/mol. The van der Waals surface area contributed by atoms with E-state index in [9.17, 15) is 9.59 Å². The van der Waals surface area contributed by atoms with Gasteiger partial charge in [0.2, 0.25) is 0 Å².